The zero-order valence-corrected chi connectivity index (χ0v) is 12.9. The molecule has 2 rings (SSSR count). The Morgan fingerprint density at radius 3 is 2.14 bits per heavy atom. The lowest BCUT2D eigenvalue weighted by Gasteiger charge is -2.11. The smallest absolute Gasteiger partial charge is 0.243 e. The molecule has 0 N–H and O–H groups in total. The van der Waals surface area contributed by atoms with Crippen LogP contribution < -0.4 is 0 Å². The number of alkyl halides is 3. The number of halogens is 6. The van der Waals surface area contributed by atoms with E-state index in [1.165, 1.54) is 18.2 Å². The number of rotatable bonds is 2. The normalized spacial score (nSPS) is 11.3. The molecule has 0 saturated carbocycles. The van der Waals surface area contributed by atoms with Crippen molar-refractivity contribution in [2.45, 2.75) is 12.6 Å². The van der Waals surface area contributed by atoms with E-state index >= 15 is 0 Å². The minimum atomic E-state index is -4.62. The van der Waals surface area contributed by atoms with Crippen molar-refractivity contribution in [3.63, 3.8) is 0 Å². The van der Waals surface area contributed by atoms with Crippen molar-refractivity contribution in [2.75, 3.05) is 0 Å². The van der Waals surface area contributed by atoms with Gasteiger partial charge in [-0.25, -0.2) is 4.98 Å². The molecule has 1 aromatic carbocycles. The van der Waals surface area contributed by atoms with E-state index in [1.54, 1.807) is 6.07 Å². The number of hydrogen-bond donors (Lipinski definition) is 0. The third-order valence-electron chi connectivity index (χ3n) is 2.74. The van der Waals surface area contributed by atoms with Crippen LogP contribution in [0, 0.1) is 11.3 Å². The number of nitriles is 1. The molecule has 0 saturated heterocycles. The van der Waals surface area contributed by atoms with E-state index in [1.807, 2.05) is 0 Å². The summed E-state index contributed by atoms with van der Waals surface area (Å²) >= 11 is 17.6. The lowest BCUT2D eigenvalue weighted by molar-refractivity contribution is -0.141. The fraction of sp³-hybridized carbons (Fsp3) is 0.143. The van der Waals surface area contributed by atoms with Crippen molar-refractivity contribution in [3.8, 4) is 17.3 Å². The number of pyridine rings is 1. The molecular weight excluding hydrogens is 360 g/mol. The van der Waals surface area contributed by atoms with Gasteiger partial charge in [0.1, 0.15) is 5.69 Å². The standard InChI is InChI=1S/C14H6Cl3F3N2/c15-9-5-8(6-10(16)13(9)17)11-3-7(1-2-21)4-12(22-11)14(18,19)20/h3-6H,1H2. The lowest BCUT2D eigenvalue weighted by Crippen LogP contribution is -2.09. The summed E-state index contributed by atoms with van der Waals surface area (Å²) in [5, 5.41) is 9.00. The van der Waals surface area contributed by atoms with Crippen LogP contribution in [0.5, 0.6) is 0 Å². The van der Waals surface area contributed by atoms with Crippen molar-refractivity contribution >= 4 is 34.8 Å². The molecule has 2 nitrogen and oxygen atoms in total. The topological polar surface area (TPSA) is 36.7 Å². The Balaban J connectivity index is 2.64. The van der Waals surface area contributed by atoms with E-state index in [4.69, 9.17) is 40.1 Å². The van der Waals surface area contributed by atoms with Gasteiger partial charge < -0.3 is 0 Å². The second kappa shape index (κ2) is 6.33. The summed E-state index contributed by atoms with van der Waals surface area (Å²) in [5.74, 6) is 0. The molecule has 1 aromatic heterocycles. The summed E-state index contributed by atoms with van der Waals surface area (Å²) < 4.78 is 38.7. The van der Waals surface area contributed by atoms with E-state index in [-0.39, 0.29) is 38.3 Å². The minimum absolute atomic E-state index is 0.0144. The molecule has 22 heavy (non-hydrogen) atoms. The average Bonchev–Trinajstić information content (AvgIpc) is 2.43. The molecular formula is C14H6Cl3F3N2. The molecule has 0 unspecified atom stereocenters. The third kappa shape index (κ3) is 3.64. The Labute approximate surface area is 139 Å². The Morgan fingerprint density at radius 2 is 1.64 bits per heavy atom. The van der Waals surface area contributed by atoms with Gasteiger partial charge in [0, 0.05) is 5.56 Å². The zero-order valence-electron chi connectivity index (χ0n) is 10.7. The van der Waals surface area contributed by atoms with Gasteiger partial charge in [0.15, 0.2) is 0 Å². The number of benzene rings is 1. The maximum atomic E-state index is 12.9. The SMILES string of the molecule is N#CCc1cc(-c2cc(Cl)c(Cl)c(Cl)c2)nc(C(F)(F)F)c1. The largest absolute Gasteiger partial charge is 0.433 e. The third-order valence-corrected chi connectivity index (χ3v) is 3.94. The van der Waals surface area contributed by atoms with Crippen molar-refractivity contribution in [3.05, 3.63) is 50.6 Å². The van der Waals surface area contributed by atoms with Crippen LogP contribution in [0.25, 0.3) is 11.3 Å². The predicted molar refractivity (Wildman–Crippen MR) is 79.0 cm³/mol. The van der Waals surface area contributed by atoms with Gasteiger partial charge in [-0.15, -0.1) is 0 Å². The molecule has 0 spiro atoms. The van der Waals surface area contributed by atoms with Crippen molar-refractivity contribution in [2.24, 2.45) is 0 Å². The van der Waals surface area contributed by atoms with E-state index in [0.717, 1.165) is 6.07 Å². The van der Waals surface area contributed by atoms with Gasteiger partial charge in [0.2, 0.25) is 0 Å². The van der Waals surface area contributed by atoms with Gasteiger partial charge in [-0.3, -0.25) is 0 Å². The first-order valence-corrected chi connectivity index (χ1v) is 6.96. The average molecular weight is 366 g/mol. The maximum Gasteiger partial charge on any atom is 0.433 e. The van der Waals surface area contributed by atoms with Gasteiger partial charge >= 0.3 is 6.18 Å². The van der Waals surface area contributed by atoms with Gasteiger partial charge in [-0.05, 0) is 29.8 Å². The summed E-state index contributed by atoms with van der Waals surface area (Å²) in [7, 11) is 0. The summed E-state index contributed by atoms with van der Waals surface area (Å²) in [6.45, 7) is 0. The van der Waals surface area contributed by atoms with Gasteiger partial charge in [0.05, 0.1) is 33.3 Å². The first-order valence-electron chi connectivity index (χ1n) is 5.82. The summed E-state index contributed by atoms with van der Waals surface area (Å²) in [5.41, 5.74) is -0.593. The van der Waals surface area contributed by atoms with E-state index in [2.05, 4.69) is 4.98 Å². The molecule has 0 fully saturated rings. The first kappa shape index (κ1) is 16.9. The van der Waals surface area contributed by atoms with E-state index < -0.39 is 11.9 Å². The fourth-order valence-corrected chi connectivity index (χ4v) is 2.37. The van der Waals surface area contributed by atoms with Crippen LogP contribution in [-0.2, 0) is 12.6 Å². The zero-order chi connectivity index (χ0) is 16.5. The van der Waals surface area contributed by atoms with Crippen LogP contribution in [0.3, 0.4) is 0 Å². The molecule has 8 heteroatoms. The molecule has 0 amide bonds. The molecule has 0 radical (unpaired) electrons. The minimum Gasteiger partial charge on any atom is -0.243 e. The van der Waals surface area contributed by atoms with Gasteiger partial charge in [-0.1, -0.05) is 34.8 Å². The Bertz CT molecular complexity index is 744. The van der Waals surface area contributed by atoms with E-state index in [9.17, 15) is 13.2 Å². The van der Waals surface area contributed by atoms with Crippen molar-refractivity contribution in [1.82, 2.24) is 4.98 Å². The maximum absolute atomic E-state index is 12.9. The van der Waals surface area contributed by atoms with Crippen LogP contribution in [0.2, 0.25) is 15.1 Å². The molecule has 114 valence electrons. The van der Waals surface area contributed by atoms with Gasteiger partial charge in [-0.2, -0.15) is 18.4 Å². The van der Waals surface area contributed by atoms with Crippen LogP contribution >= 0.6 is 34.8 Å². The quantitative estimate of drug-likeness (QED) is 0.631. The van der Waals surface area contributed by atoms with Crippen molar-refractivity contribution < 1.29 is 13.2 Å². The Kier molecular flexibility index (Phi) is 4.86. The highest BCUT2D eigenvalue weighted by molar-refractivity contribution is 6.48. The van der Waals surface area contributed by atoms with Crippen LogP contribution in [0.15, 0.2) is 24.3 Å². The lowest BCUT2D eigenvalue weighted by atomic mass is 10.1. The Morgan fingerprint density at radius 1 is 1.05 bits per heavy atom. The number of aromatic nitrogens is 1. The van der Waals surface area contributed by atoms with Gasteiger partial charge in [0.25, 0.3) is 0 Å². The second-order valence-corrected chi connectivity index (χ2v) is 5.52. The molecule has 0 bridgehead atoms. The monoisotopic (exact) mass is 364 g/mol. The van der Waals surface area contributed by atoms with Crippen LogP contribution in [0.4, 0.5) is 13.2 Å². The number of nitrogens with zero attached hydrogens (tertiary/aromatic N) is 2. The van der Waals surface area contributed by atoms with Crippen LogP contribution in [-0.4, -0.2) is 4.98 Å². The fourth-order valence-electron chi connectivity index (χ4n) is 1.78. The summed E-state index contributed by atoms with van der Waals surface area (Å²) in [6.07, 6.45) is -4.80. The molecule has 0 aliphatic carbocycles. The van der Waals surface area contributed by atoms with Crippen molar-refractivity contribution in [1.29, 1.82) is 5.26 Å². The second-order valence-electron chi connectivity index (χ2n) is 4.33. The molecule has 2 aromatic rings. The molecule has 0 aliphatic heterocycles. The summed E-state index contributed by atoms with van der Waals surface area (Å²) in [4.78, 5) is 3.57. The molecule has 0 aliphatic rings. The molecule has 0 atom stereocenters. The van der Waals surface area contributed by atoms with Crippen LogP contribution in [0.1, 0.15) is 11.3 Å². The van der Waals surface area contributed by atoms with E-state index in [0.29, 0.717) is 0 Å². The summed E-state index contributed by atoms with van der Waals surface area (Å²) in [6, 6.07) is 6.77. The highest BCUT2D eigenvalue weighted by Crippen LogP contribution is 2.36. The predicted octanol–water partition coefficient (Wildman–Crippen LogP) is 5.79. The first-order chi connectivity index (χ1) is 10.2. The number of hydrogen-bond acceptors (Lipinski definition) is 2. The molecule has 1 heterocycles. The highest BCUT2D eigenvalue weighted by Gasteiger charge is 2.33. The highest BCUT2D eigenvalue weighted by atomic mass is 35.5. The Hall–Kier alpha value is -1.48.